The van der Waals surface area contributed by atoms with Crippen LogP contribution in [0, 0.1) is 0 Å². The van der Waals surface area contributed by atoms with Gasteiger partial charge in [0.15, 0.2) is 5.58 Å². The largest absolute Gasteiger partial charge is 0.456 e. The van der Waals surface area contributed by atoms with E-state index in [4.69, 9.17) is 13.8 Å². The van der Waals surface area contributed by atoms with E-state index in [1.807, 2.05) is 42.5 Å². The lowest BCUT2D eigenvalue weighted by Crippen LogP contribution is -2.06. The number of para-hydroxylation sites is 2. The Morgan fingerprint density at radius 2 is 1.05 bits per heavy atom. The average molecular weight is 783 g/mol. The number of aromatic nitrogens is 2. The van der Waals surface area contributed by atoms with E-state index >= 15 is 0 Å². The van der Waals surface area contributed by atoms with Crippen LogP contribution < -0.4 is 0 Å². The fourth-order valence-corrected chi connectivity index (χ4v) is 9.34. The summed E-state index contributed by atoms with van der Waals surface area (Å²) in [5, 5.41) is 4.57. The minimum Gasteiger partial charge on any atom is -0.456 e. The predicted octanol–water partition coefficient (Wildman–Crippen LogP) is 15.2. The highest BCUT2D eigenvalue weighted by Crippen LogP contribution is 2.42. The highest BCUT2D eigenvalue weighted by atomic mass is 16.4. The lowest BCUT2D eigenvalue weighted by molar-refractivity contribution is 0.619. The van der Waals surface area contributed by atoms with Crippen LogP contribution in [0.2, 0.25) is 0 Å². The second-order valence-electron chi connectivity index (χ2n) is 15.9. The summed E-state index contributed by atoms with van der Waals surface area (Å²) in [7, 11) is 0. The van der Waals surface area contributed by atoms with Crippen molar-refractivity contribution in [3.05, 3.63) is 229 Å². The molecule has 4 heteroatoms. The molecule has 1 atom stereocenters. The number of hydrogen-bond donors (Lipinski definition) is 0. The van der Waals surface area contributed by atoms with Gasteiger partial charge in [-0.3, -0.25) is 0 Å². The molecule has 0 saturated heterocycles. The Morgan fingerprint density at radius 1 is 0.426 bits per heavy atom. The topological polar surface area (TPSA) is 44.1 Å². The van der Waals surface area contributed by atoms with E-state index in [-0.39, 0.29) is 5.92 Å². The molecule has 61 heavy (non-hydrogen) atoms. The molecule has 0 saturated carbocycles. The van der Waals surface area contributed by atoms with Crippen LogP contribution in [0.1, 0.15) is 22.6 Å². The van der Waals surface area contributed by atoms with Crippen molar-refractivity contribution in [2.24, 2.45) is 0 Å². The Kier molecular flexibility index (Phi) is 8.27. The molecule has 0 amide bonds. The van der Waals surface area contributed by atoms with Crippen molar-refractivity contribution < 1.29 is 8.83 Å². The molecule has 0 fully saturated rings. The van der Waals surface area contributed by atoms with Gasteiger partial charge < -0.3 is 13.4 Å². The molecular formula is C57H38N2O2. The third kappa shape index (κ3) is 6.03. The Hall–Kier alpha value is -7.95. The Balaban J connectivity index is 0.928. The third-order valence-electron chi connectivity index (χ3n) is 12.3. The van der Waals surface area contributed by atoms with Crippen molar-refractivity contribution in [2.75, 3.05) is 0 Å². The quantitative estimate of drug-likeness (QED) is 0.154. The zero-order chi connectivity index (χ0) is 40.3. The van der Waals surface area contributed by atoms with E-state index in [1.165, 1.54) is 49.6 Å². The minimum atomic E-state index is 0.108. The first-order chi connectivity index (χ1) is 30.2. The molecule has 0 N–H and O–H groups in total. The number of benzene rings is 9. The second-order valence-corrected chi connectivity index (χ2v) is 15.9. The Labute approximate surface area is 352 Å². The second kappa shape index (κ2) is 14.4. The van der Waals surface area contributed by atoms with Crippen LogP contribution in [0.4, 0.5) is 0 Å². The Morgan fingerprint density at radius 3 is 1.84 bits per heavy atom. The highest BCUT2D eigenvalue weighted by Gasteiger charge is 2.23. The number of nitrogens with zero attached hydrogens (tertiary/aromatic N) is 2. The molecule has 0 radical (unpaired) electrons. The molecule has 1 unspecified atom stereocenters. The van der Waals surface area contributed by atoms with E-state index in [1.54, 1.807) is 0 Å². The highest BCUT2D eigenvalue weighted by molar-refractivity contribution is 6.17. The molecule has 9 aromatic carbocycles. The summed E-state index contributed by atoms with van der Waals surface area (Å²) in [6, 6.07) is 75.7. The van der Waals surface area contributed by atoms with Crippen molar-refractivity contribution in [1.29, 1.82) is 0 Å². The van der Waals surface area contributed by atoms with Crippen LogP contribution in [0.15, 0.2) is 221 Å². The summed E-state index contributed by atoms with van der Waals surface area (Å²) in [4.78, 5) is 4.93. The minimum absolute atomic E-state index is 0.108. The fourth-order valence-electron chi connectivity index (χ4n) is 9.34. The molecule has 12 rings (SSSR count). The van der Waals surface area contributed by atoms with Crippen LogP contribution in [0.25, 0.3) is 94.2 Å². The summed E-state index contributed by atoms with van der Waals surface area (Å²) in [6.07, 6.45) is 0.843. The first kappa shape index (κ1) is 35.0. The number of fused-ring (bicyclic) bond motifs is 8. The summed E-state index contributed by atoms with van der Waals surface area (Å²) >= 11 is 0. The SMILES string of the molecule is c1ccc(-c2ccc(C(Cc3ccc(-c4ccc5c(c4)oc4ccc6oc(-c7ccccc7)nc6c45)cc3)c3cccc4c3c3ccccc3n4-c3ccccc3)cc2)cc1. The lowest BCUT2D eigenvalue weighted by atomic mass is 9.83. The van der Waals surface area contributed by atoms with E-state index in [9.17, 15) is 0 Å². The molecule has 4 nitrogen and oxygen atoms in total. The third-order valence-corrected chi connectivity index (χ3v) is 12.3. The molecule has 0 bridgehead atoms. The van der Waals surface area contributed by atoms with Gasteiger partial charge in [0.25, 0.3) is 0 Å². The van der Waals surface area contributed by atoms with Gasteiger partial charge in [-0.2, -0.15) is 0 Å². The monoisotopic (exact) mass is 782 g/mol. The average Bonchev–Trinajstić information content (AvgIpc) is 4.04. The van der Waals surface area contributed by atoms with Gasteiger partial charge in [0.1, 0.15) is 16.7 Å². The van der Waals surface area contributed by atoms with E-state index < -0.39 is 0 Å². The summed E-state index contributed by atoms with van der Waals surface area (Å²) < 4.78 is 15.1. The molecule has 0 aliphatic rings. The van der Waals surface area contributed by atoms with Gasteiger partial charge in [0, 0.05) is 33.3 Å². The van der Waals surface area contributed by atoms with Gasteiger partial charge in [-0.1, -0.05) is 152 Å². The standard InChI is InChI=1S/C57H38N2O2/c1-4-13-38(14-5-1)39-27-29-41(30-28-39)48(45-20-12-22-50-54(45)46-19-10-11-21-49(46)59(50)44-17-8-3-9-18-44)35-37-23-25-40(26-24-37)43-31-32-47-53(36-43)60-51-33-34-52-56(55(47)51)58-57(61-52)42-15-6-2-7-16-42/h1-34,36,48H,35H2. The lowest BCUT2D eigenvalue weighted by Gasteiger charge is -2.21. The van der Waals surface area contributed by atoms with Crippen molar-refractivity contribution >= 4 is 54.8 Å². The van der Waals surface area contributed by atoms with Gasteiger partial charge >= 0.3 is 0 Å². The van der Waals surface area contributed by atoms with Gasteiger partial charge in [0.2, 0.25) is 5.89 Å². The molecule has 3 heterocycles. The molecular weight excluding hydrogens is 745 g/mol. The van der Waals surface area contributed by atoms with Crippen LogP contribution in [0.5, 0.6) is 0 Å². The number of oxazole rings is 1. The summed E-state index contributed by atoms with van der Waals surface area (Å²) in [5.74, 6) is 0.716. The summed E-state index contributed by atoms with van der Waals surface area (Å²) in [5.41, 5.74) is 16.3. The normalized spacial score (nSPS) is 12.3. The molecule has 288 valence electrons. The first-order valence-electron chi connectivity index (χ1n) is 20.9. The summed E-state index contributed by atoms with van der Waals surface area (Å²) in [6.45, 7) is 0. The maximum Gasteiger partial charge on any atom is 0.227 e. The van der Waals surface area contributed by atoms with E-state index in [0.717, 1.165) is 61.8 Å². The van der Waals surface area contributed by atoms with Crippen LogP contribution in [-0.4, -0.2) is 9.55 Å². The van der Waals surface area contributed by atoms with Crippen LogP contribution >= 0.6 is 0 Å². The van der Waals surface area contributed by atoms with E-state index in [0.29, 0.717) is 5.89 Å². The maximum atomic E-state index is 6.46. The van der Waals surface area contributed by atoms with Gasteiger partial charge in [-0.05, 0) is 106 Å². The molecule has 0 aliphatic heterocycles. The number of rotatable bonds is 8. The molecule has 0 spiro atoms. The van der Waals surface area contributed by atoms with Gasteiger partial charge in [-0.25, -0.2) is 4.98 Å². The van der Waals surface area contributed by atoms with Crippen molar-refractivity contribution in [3.8, 4) is 39.4 Å². The number of furan rings is 1. The molecule has 12 aromatic rings. The van der Waals surface area contributed by atoms with Crippen LogP contribution in [0.3, 0.4) is 0 Å². The Bertz CT molecular complexity index is 3530. The van der Waals surface area contributed by atoms with Crippen molar-refractivity contribution in [2.45, 2.75) is 12.3 Å². The van der Waals surface area contributed by atoms with Crippen molar-refractivity contribution in [3.63, 3.8) is 0 Å². The first-order valence-corrected chi connectivity index (χ1v) is 20.9. The smallest absolute Gasteiger partial charge is 0.227 e. The van der Waals surface area contributed by atoms with Gasteiger partial charge in [-0.15, -0.1) is 0 Å². The fraction of sp³-hybridized carbons (Fsp3) is 0.0351. The van der Waals surface area contributed by atoms with Crippen LogP contribution in [-0.2, 0) is 6.42 Å². The zero-order valence-corrected chi connectivity index (χ0v) is 33.2. The molecule has 3 aromatic heterocycles. The number of hydrogen-bond acceptors (Lipinski definition) is 3. The van der Waals surface area contributed by atoms with E-state index in [2.05, 4.69) is 174 Å². The predicted molar refractivity (Wildman–Crippen MR) is 250 cm³/mol. The zero-order valence-electron chi connectivity index (χ0n) is 33.2. The maximum absolute atomic E-state index is 6.46. The van der Waals surface area contributed by atoms with Gasteiger partial charge in [0.05, 0.1) is 16.4 Å². The van der Waals surface area contributed by atoms with Crippen molar-refractivity contribution in [1.82, 2.24) is 9.55 Å². The molecule has 0 aliphatic carbocycles.